The van der Waals surface area contributed by atoms with Crippen LogP contribution in [-0.2, 0) is 19.1 Å². The summed E-state index contributed by atoms with van der Waals surface area (Å²) in [5, 5.41) is 12.4. The fourth-order valence-corrected chi connectivity index (χ4v) is 3.91. The maximum atomic E-state index is 5.93. The monoisotopic (exact) mass is 427 g/mol. The Labute approximate surface area is 189 Å². The molecule has 0 fully saturated rings. The van der Waals surface area contributed by atoms with Gasteiger partial charge in [-0.25, -0.2) is 0 Å². The minimum Gasteiger partial charge on any atom is -0.487 e. The van der Waals surface area contributed by atoms with E-state index in [-0.39, 0.29) is 10.8 Å². The fourth-order valence-electron chi connectivity index (χ4n) is 3.91. The number of pyridine rings is 1. The van der Waals surface area contributed by atoms with Crippen molar-refractivity contribution in [2.45, 2.75) is 39.7 Å². The summed E-state index contributed by atoms with van der Waals surface area (Å²) >= 11 is 0. The van der Waals surface area contributed by atoms with Crippen LogP contribution in [0.4, 0.5) is 0 Å². The van der Waals surface area contributed by atoms with Crippen LogP contribution >= 0.6 is 0 Å². The molecule has 2 aromatic heterocycles. The van der Waals surface area contributed by atoms with Crippen molar-refractivity contribution in [3.63, 3.8) is 0 Å². The fraction of sp³-hybridized carbons (Fsp3) is 0.308. The zero-order valence-corrected chi connectivity index (χ0v) is 19.3. The highest BCUT2D eigenvalue weighted by atomic mass is 16.5. The standard InChI is InChI=1S/C26H29N5O/c1-25(2,3)26(4,20-11-9-19(10-12-20)24-28-30-31(5)29-24)21-13-15-23(16-14-21)32-18-22-8-6-7-17-27-22/h6-17H,18H2,1-5H3. The first-order chi connectivity index (χ1) is 15.3. The van der Waals surface area contributed by atoms with Gasteiger partial charge in [0.15, 0.2) is 0 Å². The van der Waals surface area contributed by atoms with Crippen molar-refractivity contribution in [3.05, 3.63) is 89.7 Å². The molecule has 0 amide bonds. The lowest BCUT2D eigenvalue weighted by Gasteiger charge is -2.43. The van der Waals surface area contributed by atoms with Crippen LogP contribution < -0.4 is 4.74 Å². The molecule has 1 atom stereocenters. The third kappa shape index (κ3) is 4.26. The number of aromatic nitrogens is 5. The minimum atomic E-state index is -0.207. The number of ether oxygens (including phenoxy) is 1. The molecule has 32 heavy (non-hydrogen) atoms. The van der Waals surface area contributed by atoms with Crippen molar-refractivity contribution in [2.75, 3.05) is 0 Å². The molecule has 0 bridgehead atoms. The van der Waals surface area contributed by atoms with Crippen LogP contribution in [-0.4, -0.2) is 25.2 Å². The zero-order chi connectivity index (χ0) is 22.8. The lowest BCUT2D eigenvalue weighted by atomic mass is 9.60. The molecule has 4 aromatic rings. The molecule has 164 valence electrons. The summed E-state index contributed by atoms with van der Waals surface area (Å²) in [6, 6.07) is 22.7. The summed E-state index contributed by atoms with van der Waals surface area (Å²) < 4.78 is 5.93. The lowest BCUT2D eigenvalue weighted by molar-refractivity contribution is 0.248. The van der Waals surface area contributed by atoms with Crippen LogP contribution in [0.2, 0.25) is 0 Å². The molecule has 0 spiro atoms. The van der Waals surface area contributed by atoms with Crippen molar-refractivity contribution in [1.82, 2.24) is 25.2 Å². The summed E-state index contributed by atoms with van der Waals surface area (Å²) in [6.07, 6.45) is 1.78. The zero-order valence-electron chi connectivity index (χ0n) is 19.3. The Morgan fingerprint density at radius 3 is 2.03 bits per heavy atom. The minimum absolute atomic E-state index is 0.0182. The Morgan fingerprint density at radius 2 is 1.50 bits per heavy atom. The summed E-state index contributed by atoms with van der Waals surface area (Å²) in [7, 11) is 1.77. The first-order valence-electron chi connectivity index (χ1n) is 10.8. The van der Waals surface area contributed by atoms with Gasteiger partial charge < -0.3 is 4.74 Å². The Bertz CT molecular complexity index is 1160. The van der Waals surface area contributed by atoms with Crippen LogP contribution in [0.5, 0.6) is 5.75 Å². The predicted molar refractivity (Wildman–Crippen MR) is 125 cm³/mol. The molecular weight excluding hydrogens is 398 g/mol. The van der Waals surface area contributed by atoms with Crippen LogP contribution in [0, 0.1) is 5.41 Å². The quantitative estimate of drug-likeness (QED) is 0.423. The molecule has 6 heteroatoms. The summed E-state index contributed by atoms with van der Waals surface area (Å²) in [6.45, 7) is 9.57. The molecule has 6 nitrogen and oxygen atoms in total. The van der Waals surface area contributed by atoms with Gasteiger partial charge in [-0.05, 0) is 46.0 Å². The average molecular weight is 428 g/mol. The average Bonchev–Trinajstić information content (AvgIpc) is 3.24. The lowest BCUT2D eigenvalue weighted by Crippen LogP contribution is -2.38. The number of rotatable bonds is 6. The summed E-state index contributed by atoms with van der Waals surface area (Å²) in [4.78, 5) is 5.79. The molecule has 2 heterocycles. The van der Waals surface area contributed by atoms with Gasteiger partial charge in [-0.2, -0.15) is 4.80 Å². The van der Waals surface area contributed by atoms with Gasteiger partial charge in [0.25, 0.3) is 0 Å². The second-order valence-electron chi connectivity index (χ2n) is 9.19. The van der Waals surface area contributed by atoms with Gasteiger partial charge in [-0.1, -0.05) is 70.2 Å². The molecule has 0 aliphatic rings. The third-order valence-corrected chi connectivity index (χ3v) is 6.27. The van der Waals surface area contributed by atoms with Crippen LogP contribution in [0.1, 0.15) is 44.5 Å². The molecule has 2 aromatic carbocycles. The van der Waals surface area contributed by atoms with E-state index >= 15 is 0 Å². The van der Waals surface area contributed by atoms with Crippen molar-refractivity contribution in [3.8, 4) is 17.1 Å². The van der Waals surface area contributed by atoms with Crippen molar-refractivity contribution in [2.24, 2.45) is 12.5 Å². The van der Waals surface area contributed by atoms with E-state index < -0.39 is 0 Å². The van der Waals surface area contributed by atoms with E-state index in [2.05, 4.69) is 84.5 Å². The van der Waals surface area contributed by atoms with Crippen LogP contribution in [0.3, 0.4) is 0 Å². The van der Waals surface area contributed by atoms with E-state index in [9.17, 15) is 0 Å². The first-order valence-corrected chi connectivity index (χ1v) is 10.8. The van der Waals surface area contributed by atoms with Gasteiger partial charge >= 0.3 is 0 Å². The van der Waals surface area contributed by atoms with Gasteiger partial charge in [0.2, 0.25) is 5.82 Å². The third-order valence-electron chi connectivity index (χ3n) is 6.27. The molecular formula is C26H29N5O. The Hall–Kier alpha value is -3.54. The van der Waals surface area contributed by atoms with E-state index in [0.717, 1.165) is 17.0 Å². The highest BCUT2D eigenvalue weighted by Crippen LogP contribution is 2.47. The Kier molecular flexibility index (Phi) is 5.78. The first kappa shape index (κ1) is 21.7. The molecule has 0 radical (unpaired) electrons. The second-order valence-corrected chi connectivity index (χ2v) is 9.19. The number of tetrazole rings is 1. The predicted octanol–water partition coefficient (Wildman–Crippen LogP) is 5.20. The van der Waals surface area contributed by atoms with E-state index in [1.54, 1.807) is 13.2 Å². The van der Waals surface area contributed by atoms with Gasteiger partial charge in [0.05, 0.1) is 12.7 Å². The van der Waals surface area contributed by atoms with Gasteiger partial charge in [-0.3, -0.25) is 4.98 Å². The van der Waals surface area contributed by atoms with E-state index in [4.69, 9.17) is 4.74 Å². The number of hydrogen-bond acceptors (Lipinski definition) is 5. The van der Waals surface area contributed by atoms with E-state index in [1.807, 2.05) is 30.3 Å². The molecule has 0 saturated heterocycles. The molecule has 1 unspecified atom stereocenters. The number of nitrogens with zero attached hydrogens (tertiary/aromatic N) is 5. The van der Waals surface area contributed by atoms with Gasteiger partial charge in [-0.15, -0.1) is 10.2 Å². The smallest absolute Gasteiger partial charge is 0.204 e. The Balaban J connectivity index is 1.60. The van der Waals surface area contributed by atoms with Crippen LogP contribution in [0.15, 0.2) is 72.9 Å². The Morgan fingerprint density at radius 1 is 0.844 bits per heavy atom. The van der Waals surface area contributed by atoms with Crippen molar-refractivity contribution >= 4 is 0 Å². The molecule has 0 N–H and O–H groups in total. The van der Waals surface area contributed by atoms with Crippen LogP contribution in [0.25, 0.3) is 11.4 Å². The maximum Gasteiger partial charge on any atom is 0.204 e. The highest BCUT2D eigenvalue weighted by molar-refractivity contribution is 5.56. The SMILES string of the molecule is Cn1nnc(-c2ccc(C(C)(c3ccc(OCc4ccccn4)cc3)C(C)(C)C)cc2)n1. The normalized spacial score (nSPS) is 13.5. The van der Waals surface area contributed by atoms with E-state index in [1.165, 1.54) is 15.9 Å². The van der Waals surface area contributed by atoms with E-state index in [0.29, 0.717) is 12.4 Å². The largest absolute Gasteiger partial charge is 0.487 e. The number of hydrogen-bond donors (Lipinski definition) is 0. The van der Waals surface area contributed by atoms with Crippen molar-refractivity contribution in [1.29, 1.82) is 0 Å². The van der Waals surface area contributed by atoms with Gasteiger partial charge in [0.1, 0.15) is 12.4 Å². The summed E-state index contributed by atoms with van der Waals surface area (Å²) in [5.41, 5.74) is 4.11. The highest BCUT2D eigenvalue weighted by Gasteiger charge is 2.40. The molecule has 4 rings (SSSR count). The number of aryl methyl sites for hydroxylation is 1. The van der Waals surface area contributed by atoms with Gasteiger partial charge in [0, 0.05) is 17.2 Å². The summed E-state index contributed by atoms with van der Waals surface area (Å²) in [5.74, 6) is 1.46. The van der Waals surface area contributed by atoms with Crippen molar-refractivity contribution < 1.29 is 4.74 Å². The number of benzene rings is 2. The maximum absolute atomic E-state index is 5.93. The second kappa shape index (κ2) is 8.54. The molecule has 0 aliphatic carbocycles. The molecule has 0 saturated carbocycles. The topological polar surface area (TPSA) is 65.7 Å². The molecule has 0 aliphatic heterocycles.